The largest absolute Gasteiger partial charge is 0 e. The summed E-state index contributed by atoms with van der Waals surface area (Å²) in [5, 5.41) is 11.0. The Hall–Kier alpha value is -2.47. The smallest absolute Gasteiger partial charge is 0 e. The van der Waals surface area contributed by atoms with Crippen LogP contribution < -0.4 is 0 Å². The first kappa shape index (κ1) is 22.8. The molecule has 0 bridgehead atoms. The van der Waals surface area contributed by atoms with E-state index in [0.29, 0.717) is 5.75 Å². The Kier molecular flexibility index (Phi) is 13.1. The molecule has 0 atom stereocenters. The summed E-state index contributed by atoms with van der Waals surface area (Å²) in [6, 6.07) is 17.6. The van der Waals surface area contributed by atoms with Gasteiger partial charge in [-0.3, -0.25) is 0 Å². The summed E-state index contributed by atoms with van der Waals surface area (Å²) in [6.07, 6.45) is 0. The van der Waals surface area contributed by atoms with E-state index >= 15 is 0 Å². The van der Waals surface area contributed by atoms with Gasteiger partial charge in [-0.05, 0) is 12.1 Å². The van der Waals surface area contributed by atoms with E-state index in [1.807, 2.05) is 54.6 Å². The molecule has 1 heterocycles. The Balaban J connectivity index is 0. The number of H-pyrrole nitrogens is 1. The Morgan fingerprint density at radius 1 is 0.739 bits per heavy atom. The first-order valence-electron chi connectivity index (χ1n) is 5.82. The number of aromatic nitrogens is 1. The predicted molar refractivity (Wildman–Crippen MR) is 77.2 cm³/mol. The Labute approximate surface area is 144 Å². The number of rotatable bonds is 1. The molecular formula is C17H11CrNO4. The van der Waals surface area contributed by atoms with Crippen LogP contribution in [0.15, 0.2) is 54.6 Å². The van der Waals surface area contributed by atoms with Crippen molar-refractivity contribution in [1.29, 1.82) is 0 Å². The number of hydrogen-bond donors (Lipinski definition) is 2. The molecule has 0 aliphatic rings. The Morgan fingerprint density at radius 3 is 1.74 bits per heavy atom. The van der Waals surface area contributed by atoms with Crippen molar-refractivity contribution in [2.75, 3.05) is 0 Å². The van der Waals surface area contributed by atoms with E-state index in [-0.39, 0.29) is 17.4 Å². The third kappa shape index (κ3) is 5.67. The van der Waals surface area contributed by atoms with Crippen molar-refractivity contribution in [2.24, 2.45) is 0 Å². The molecule has 1 aromatic heterocycles. The van der Waals surface area contributed by atoms with Crippen LogP contribution in [0.4, 0.5) is 0 Å². The number of benzene rings is 2. The molecule has 0 amide bonds. The standard InChI is InChI=1S/C14H11NO.3CO.Cr/c16-14-11-8-4-5-9-12(11)15-13(14)10-6-2-1-3-7-10;3*1-2;/h1-9,15-16H;;;;. The van der Waals surface area contributed by atoms with Gasteiger partial charge in [0.25, 0.3) is 0 Å². The first-order chi connectivity index (χ1) is 10.9. The van der Waals surface area contributed by atoms with Crippen LogP contribution in [0.5, 0.6) is 5.75 Å². The number of nitrogens with one attached hydrogen (secondary N) is 1. The van der Waals surface area contributed by atoms with Gasteiger partial charge >= 0.3 is 33.9 Å². The second-order valence-corrected chi connectivity index (χ2v) is 3.76. The first-order valence-corrected chi connectivity index (χ1v) is 5.82. The van der Waals surface area contributed by atoms with Crippen LogP contribution in [0.25, 0.3) is 22.2 Å². The third-order valence-electron chi connectivity index (χ3n) is 2.74. The van der Waals surface area contributed by atoms with Crippen molar-refractivity contribution in [2.45, 2.75) is 0 Å². The van der Waals surface area contributed by atoms with E-state index in [2.05, 4.69) is 24.9 Å². The fourth-order valence-electron chi connectivity index (χ4n) is 1.94. The van der Waals surface area contributed by atoms with Crippen LogP contribution in [0.3, 0.4) is 0 Å². The molecule has 0 unspecified atom stereocenters. The second-order valence-electron chi connectivity index (χ2n) is 3.76. The van der Waals surface area contributed by atoms with Gasteiger partial charge in [0.05, 0.1) is 5.69 Å². The summed E-state index contributed by atoms with van der Waals surface area (Å²) in [5.74, 6) is 0.321. The van der Waals surface area contributed by atoms with E-state index in [4.69, 9.17) is 14.0 Å². The summed E-state index contributed by atoms with van der Waals surface area (Å²) in [7, 11) is 0. The second kappa shape index (κ2) is 13.2. The third-order valence-corrected chi connectivity index (χ3v) is 2.74. The number of hydrogen-bond acceptors (Lipinski definition) is 1. The average molecular weight is 345 g/mol. The van der Waals surface area contributed by atoms with Gasteiger partial charge in [0.1, 0.15) is 5.75 Å². The zero-order valence-corrected chi connectivity index (χ0v) is 13.1. The zero-order chi connectivity index (χ0) is 17.0. The minimum atomic E-state index is 0. The van der Waals surface area contributed by atoms with E-state index in [1.165, 1.54) is 0 Å². The molecule has 114 valence electrons. The van der Waals surface area contributed by atoms with Gasteiger partial charge in [-0.15, -0.1) is 0 Å². The summed E-state index contributed by atoms with van der Waals surface area (Å²) in [4.78, 5) is 3.23. The van der Waals surface area contributed by atoms with Crippen molar-refractivity contribution in [3.63, 3.8) is 0 Å². The summed E-state index contributed by atoms with van der Waals surface area (Å²) in [5.41, 5.74) is 2.73. The zero-order valence-electron chi connectivity index (χ0n) is 11.8. The van der Waals surface area contributed by atoms with Crippen LogP contribution >= 0.6 is 0 Å². The molecule has 5 nitrogen and oxygen atoms in total. The number of para-hydroxylation sites is 1. The number of aromatic hydroxyl groups is 1. The molecule has 2 aromatic carbocycles. The minimum absolute atomic E-state index is 0. The van der Waals surface area contributed by atoms with Gasteiger partial charge in [-0.1, -0.05) is 42.5 Å². The van der Waals surface area contributed by atoms with Gasteiger partial charge < -0.3 is 10.1 Å². The molecule has 0 aliphatic heterocycles. The monoisotopic (exact) mass is 345 g/mol. The molecule has 0 radical (unpaired) electrons. The predicted octanol–water partition coefficient (Wildman–Crippen LogP) is 3.43. The molecule has 0 fully saturated rings. The maximum Gasteiger partial charge on any atom is 0 e. The maximum atomic E-state index is 10.1. The quantitative estimate of drug-likeness (QED) is 0.513. The molecule has 0 saturated carbocycles. The minimum Gasteiger partial charge on any atom is 0 e. The van der Waals surface area contributed by atoms with Crippen molar-refractivity contribution < 1.29 is 36.4 Å². The summed E-state index contributed by atoms with van der Waals surface area (Å²) in [6.45, 7) is 13.5. The van der Waals surface area contributed by atoms with Crippen molar-refractivity contribution in [1.82, 2.24) is 4.98 Å². The molecule has 0 spiro atoms. The van der Waals surface area contributed by atoms with Gasteiger partial charge in [-0.25, -0.2) is 0 Å². The molecule has 0 aliphatic carbocycles. The molecular weight excluding hydrogens is 334 g/mol. The van der Waals surface area contributed by atoms with Crippen molar-refractivity contribution in [3.8, 4) is 17.0 Å². The summed E-state index contributed by atoms with van der Waals surface area (Å²) < 4.78 is 22.5. The average Bonchev–Trinajstić information content (AvgIpc) is 2.98. The normalized spacial score (nSPS) is 7.74. The van der Waals surface area contributed by atoms with Gasteiger partial charge in [0, 0.05) is 33.8 Å². The SMILES string of the molecule is Oc1c(-c2ccccc2)[nH]c2ccccc12.[C-]#[O+].[C-]#[O+].[C-]#[O+].[Cr]. The maximum absolute atomic E-state index is 10.1. The van der Waals surface area contributed by atoms with E-state index in [0.717, 1.165) is 22.2 Å². The fourth-order valence-corrected chi connectivity index (χ4v) is 1.94. The van der Waals surface area contributed by atoms with Gasteiger partial charge in [0.15, 0.2) is 0 Å². The number of aromatic amines is 1. The Bertz CT molecular complexity index is 746. The number of fused-ring (bicyclic) bond motifs is 1. The van der Waals surface area contributed by atoms with E-state index in [1.54, 1.807) is 0 Å². The topological polar surface area (TPSA) is 95.7 Å². The molecule has 2 N–H and O–H groups in total. The molecule has 0 saturated heterocycles. The van der Waals surface area contributed by atoms with Crippen LogP contribution in [0, 0.1) is 20.0 Å². The Morgan fingerprint density at radius 2 is 1.22 bits per heavy atom. The molecule has 6 heteroatoms. The van der Waals surface area contributed by atoms with E-state index in [9.17, 15) is 5.11 Å². The summed E-state index contributed by atoms with van der Waals surface area (Å²) >= 11 is 0. The van der Waals surface area contributed by atoms with Gasteiger partial charge in [0.2, 0.25) is 0 Å². The van der Waals surface area contributed by atoms with Crippen LogP contribution in [-0.4, -0.2) is 10.1 Å². The van der Waals surface area contributed by atoms with Crippen LogP contribution in [0.1, 0.15) is 0 Å². The van der Waals surface area contributed by atoms with Crippen LogP contribution in [0.2, 0.25) is 0 Å². The van der Waals surface area contributed by atoms with Crippen molar-refractivity contribution >= 4 is 10.9 Å². The fraction of sp³-hybridized carbons (Fsp3) is 0. The molecule has 23 heavy (non-hydrogen) atoms. The van der Waals surface area contributed by atoms with Gasteiger partial charge in [-0.2, -0.15) is 0 Å². The van der Waals surface area contributed by atoms with Crippen LogP contribution in [-0.2, 0) is 31.3 Å². The van der Waals surface area contributed by atoms with E-state index < -0.39 is 0 Å². The van der Waals surface area contributed by atoms with Crippen molar-refractivity contribution in [3.05, 3.63) is 74.5 Å². The molecule has 3 aromatic rings. The molecule has 3 rings (SSSR count).